The highest BCUT2D eigenvalue weighted by Crippen LogP contribution is 2.30. The number of hydrogen-bond acceptors (Lipinski definition) is 4. The average Bonchev–Trinajstić information content (AvgIpc) is 3.23. The van der Waals surface area contributed by atoms with Crippen molar-refractivity contribution in [3.05, 3.63) is 42.5 Å². The van der Waals surface area contributed by atoms with Crippen LogP contribution in [0.15, 0.2) is 47.4 Å². The third kappa shape index (κ3) is 3.74. The van der Waals surface area contributed by atoms with Crippen LogP contribution >= 0.6 is 0 Å². The van der Waals surface area contributed by atoms with Crippen molar-refractivity contribution in [1.29, 1.82) is 0 Å². The minimum absolute atomic E-state index is 0.171. The molecule has 2 aromatic rings. The van der Waals surface area contributed by atoms with E-state index in [-0.39, 0.29) is 22.6 Å². The molecule has 2 N–H and O–H groups in total. The quantitative estimate of drug-likeness (QED) is 0.821. The maximum absolute atomic E-state index is 13.3. The minimum atomic E-state index is -3.78. The molecule has 2 aliphatic rings. The number of fused-ring (bicyclic) bond motifs is 1. The molecule has 1 unspecified atom stereocenters. The van der Waals surface area contributed by atoms with Crippen LogP contribution in [0.2, 0.25) is 0 Å². The fourth-order valence-corrected chi connectivity index (χ4v) is 6.02. The van der Waals surface area contributed by atoms with Crippen LogP contribution in [0.5, 0.6) is 0 Å². The first-order chi connectivity index (χ1) is 13.9. The van der Waals surface area contributed by atoms with Gasteiger partial charge in [-0.05, 0) is 48.6 Å². The number of piperidine rings is 1. The van der Waals surface area contributed by atoms with Crippen molar-refractivity contribution in [1.82, 2.24) is 9.21 Å². The fraction of sp³-hybridized carbons (Fsp3) is 0.429. The van der Waals surface area contributed by atoms with E-state index in [0.717, 1.165) is 10.8 Å². The number of carbonyl (C=O) groups excluding carboxylic acids is 2. The number of rotatable bonds is 4. The second-order valence-corrected chi connectivity index (χ2v) is 9.68. The topological polar surface area (TPSA) is 101 Å². The number of primary amides is 1. The maximum atomic E-state index is 13.3. The lowest BCUT2D eigenvalue weighted by molar-refractivity contribution is -0.137. The van der Waals surface area contributed by atoms with Crippen LogP contribution in [0.3, 0.4) is 0 Å². The SMILES string of the molecule is NC(=O)C1CCN(C(=O)C2CCCN2S(=O)(=O)c2ccc3ccccc3c2)CC1. The Morgan fingerprint density at radius 1 is 0.931 bits per heavy atom. The van der Waals surface area contributed by atoms with Gasteiger partial charge in [0.2, 0.25) is 21.8 Å². The van der Waals surface area contributed by atoms with Crippen molar-refractivity contribution in [2.75, 3.05) is 19.6 Å². The van der Waals surface area contributed by atoms with Gasteiger partial charge >= 0.3 is 0 Å². The normalized spacial score (nSPS) is 21.5. The molecule has 0 spiro atoms. The van der Waals surface area contributed by atoms with Crippen molar-refractivity contribution < 1.29 is 18.0 Å². The molecule has 0 bridgehead atoms. The molecule has 2 aromatic carbocycles. The summed E-state index contributed by atoms with van der Waals surface area (Å²) >= 11 is 0. The van der Waals surface area contributed by atoms with Crippen LogP contribution in [0.25, 0.3) is 10.8 Å². The number of hydrogen-bond donors (Lipinski definition) is 1. The Balaban J connectivity index is 1.55. The summed E-state index contributed by atoms with van der Waals surface area (Å²) in [7, 11) is -3.78. The monoisotopic (exact) mass is 415 g/mol. The Morgan fingerprint density at radius 3 is 2.31 bits per heavy atom. The van der Waals surface area contributed by atoms with Crippen molar-refractivity contribution in [2.24, 2.45) is 11.7 Å². The zero-order chi connectivity index (χ0) is 20.6. The second-order valence-electron chi connectivity index (χ2n) is 7.78. The van der Waals surface area contributed by atoms with E-state index in [2.05, 4.69) is 0 Å². The van der Waals surface area contributed by atoms with E-state index in [1.54, 1.807) is 23.1 Å². The lowest BCUT2D eigenvalue weighted by atomic mass is 9.96. The highest BCUT2D eigenvalue weighted by Gasteiger charge is 2.42. The van der Waals surface area contributed by atoms with Crippen LogP contribution in [0, 0.1) is 5.92 Å². The largest absolute Gasteiger partial charge is 0.369 e. The van der Waals surface area contributed by atoms with Crippen LogP contribution < -0.4 is 5.73 Å². The smallest absolute Gasteiger partial charge is 0.243 e. The van der Waals surface area contributed by atoms with Gasteiger partial charge in [0.05, 0.1) is 4.90 Å². The van der Waals surface area contributed by atoms with Crippen LogP contribution in [0.1, 0.15) is 25.7 Å². The van der Waals surface area contributed by atoms with Crippen molar-refractivity contribution in [3.63, 3.8) is 0 Å². The van der Waals surface area contributed by atoms with Crippen molar-refractivity contribution in [3.8, 4) is 0 Å². The van der Waals surface area contributed by atoms with Gasteiger partial charge in [-0.3, -0.25) is 9.59 Å². The number of nitrogens with two attached hydrogens (primary N) is 1. The summed E-state index contributed by atoms with van der Waals surface area (Å²) in [5, 5.41) is 1.82. The first-order valence-corrected chi connectivity index (χ1v) is 11.4. The summed E-state index contributed by atoms with van der Waals surface area (Å²) in [6.07, 6.45) is 2.23. The number of likely N-dealkylation sites (tertiary alicyclic amines) is 1. The second kappa shape index (κ2) is 7.76. The average molecular weight is 416 g/mol. The van der Waals surface area contributed by atoms with E-state index in [0.29, 0.717) is 45.3 Å². The van der Waals surface area contributed by atoms with Gasteiger partial charge in [0.15, 0.2) is 0 Å². The first-order valence-electron chi connectivity index (χ1n) is 9.96. The fourth-order valence-electron chi connectivity index (χ4n) is 4.33. The molecule has 154 valence electrons. The lowest BCUT2D eigenvalue weighted by Gasteiger charge is -2.34. The molecule has 7 nitrogen and oxygen atoms in total. The first kappa shape index (κ1) is 19.8. The molecule has 8 heteroatoms. The van der Waals surface area contributed by atoms with Crippen molar-refractivity contribution >= 4 is 32.6 Å². The summed E-state index contributed by atoms with van der Waals surface area (Å²) in [5.41, 5.74) is 5.36. The number of amides is 2. The highest BCUT2D eigenvalue weighted by molar-refractivity contribution is 7.89. The maximum Gasteiger partial charge on any atom is 0.243 e. The zero-order valence-electron chi connectivity index (χ0n) is 16.2. The zero-order valence-corrected chi connectivity index (χ0v) is 17.0. The van der Waals surface area contributed by atoms with E-state index >= 15 is 0 Å². The van der Waals surface area contributed by atoms with E-state index in [9.17, 15) is 18.0 Å². The Morgan fingerprint density at radius 2 is 1.62 bits per heavy atom. The standard InChI is InChI=1S/C21H25N3O4S/c22-20(25)16-9-12-23(13-10-16)21(26)19-6-3-11-24(19)29(27,28)18-8-7-15-4-1-2-5-17(15)14-18/h1-2,4-5,7-8,14,16,19H,3,6,9-13H2,(H2,22,25). The van der Waals surface area contributed by atoms with Gasteiger partial charge in [-0.2, -0.15) is 4.31 Å². The molecule has 4 rings (SSSR count). The van der Waals surface area contributed by atoms with Gasteiger partial charge in [-0.25, -0.2) is 8.42 Å². The molecule has 0 aliphatic carbocycles. The Bertz CT molecular complexity index is 1040. The third-order valence-electron chi connectivity index (χ3n) is 6.03. The molecule has 0 radical (unpaired) electrons. The van der Waals surface area contributed by atoms with Crippen LogP contribution in [-0.4, -0.2) is 55.1 Å². The van der Waals surface area contributed by atoms with E-state index in [1.807, 2.05) is 24.3 Å². The molecule has 0 aromatic heterocycles. The van der Waals surface area contributed by atoms with Gasteiger partial charge < -0.3 is 10.6 Å². The molecular weight excluding hydrogens is 390 g/mol. The molecule has 29 heavy (non-hydrogen) atoms. The molecule has 2 amide bonds. The number of carbonyl (C=O) groups is 2. The number of nitrogens with zero attached hydrogens (tertiary/aromatic N) is 2. The Labute approximate surface area is 170 Å². The summed E-state index contributed by atoms with van der Waals surface area (Å²) in [6.45, 7) is 1.21. The summed E-state index contributed by atoms with van der Waals surface area (Å²) in [4.78, 5) is 26.3. The number of sulfonamides is 1. The molecule has 2 saturated heterocycles. The minimum Gasteiger partial charge on any atom is -0.369 e. The Hall–Kier alpha value is -2.45. The molecular formula is C21H25N3O4S. The Kier molecular flexibility index (Phi) is 5.31. The summed E-state index contributed by atoms with van der Waals surface area (Å²) in [5.74, 6) is -0.715. The summed E-state index contributed by atoms with van der Waals surface area (Å²) in [6, 6.07) is 12.0. The van der Waals surface area contributed by atoms with Gasteiger partial charge in [-0.15, -0.1) is 0 Å². The predicted octanol–water partition coefficient (Wildman–Crippen LogP) is 1.72. The highest BCUT2D eigenvalue weighted by atomic mass is 32.2. The van der Waals surface area contributed by atoms with Crippen molar-refractivity contribution in [2.45, 2.75) is 36.6 Å². The van der Waals surface area contributed by atoms with E-state index in [4.69, 9.17) is 5.73 Å². The summed E-state index contributed by atoms with van der Waals surface area (Å²) < 4.78 is 28.0. The molecule has 0 saturated carbocycles. The lowest BCUT2D eigenvalue weighted by Crippen LogP contribution is -2.50. The van der Waals surface area contributed by atoms with Gasteiger partial charge in [0, 0.05) is 25.6 Å². The molecule has 2 fully saturated rings. The van der Waals surface area contributed by atoms with E-state index in [1.165, 1.54) is 4.31 Å². The van der Waals surface area contributed by atoms with Gasteiger partial charge in [-0.1, -0.05) is 30.3 Å². The van der Waals surface area contributed by atoms with Gasteiger partial charge in [0.25, 0.3) is 0 Å². The molecule has 2 heterocycles. The number of benzene rings is 2. The van der Waals surface area contributed by atoms with E-state index < -0.39 is 16.1 Å². The van der Waals surface area contributed by atoms with Gasteiger partial charge in [0.1, 0.15) is 6.04 Å². The van der Waals surface area contributed by atoms with Crippen LogP contribution in [0.4, 0.5) is 0 Å². The van der Waals surface area contributed by atoms with Crippen LogP contribution in [-0.2, 0) is 19.6 Å². The third-order valence-corrected chi connectivity index (χ3v) is 7.93. The molecule has 2 aliphatic heterocycles. The predicted molar refractivity (Wildman–Crippen MR) is 109 cm³/mol. The molecule has 1 atom stereocenters.